The van der Waals surface area contributed by atoms with E-state index in [-0.39, 0.29) is 41.2 Å². The van der Waals surface area contributed by atoms with Gasteiger partial charge in [-0.05, 0) is 52.2 Å². The van der Waals surface area contributed by atoms with E-state index in [1.807, 2.05) is 48.5 Å². The molecule has 1 unspecified atom stereocenters. The first kappa shape index (κ1) is 42.2. The van der Waals surface area contributed by atoms with Crippen LogP contribution in [-0.2, 0) is 35.2 Å². The molecule has 278 valence electrons. The number of likely N-dealkylation sites (N-methyl/N-ethyl adjacent to an activating group) is 1. The molecule has 49 heavy (non-hydrogen) atoms. The Bertz CT molecular complexity index is 1210. The molecule has 2 aliphatic rings. The number of ketones is 1. The Morgan fingerprint density at radius 3 is 2.22 bits per heavy atom. The number of likely N-dealkylation sites (tertiary alicyclic amines) is 1. The monoisotopic (exact) mass is 708 g/mol. The normalized spacial score (nSPS) is 21.4. The van der Waals surface area contributed by atoms with Crippen molar-refractivity contribution in [2.24, 2.45) is 28.1 Å². The molecule has 1 heterocycles. The summed E-state index contributed by atoms with van der Waals surface area (Å²) in [6.45, 7) is 23.7. The third kappa shape index (κ3) is 11.0. The zero-order valence-electron chi connectivity index (χ0n) is 31.4. The van der Waals surface area contributed by atoms with Gasteiger partial charge in [0.2, 0.25) is 17.6 Å². The van der Waals surface area contributed by atoms with E-state index in [4.69, 9.17) is 0 Å². The Hall–Kier alpha value is -2.97. The van der Waals surface area contributed by atoms with E-state index in [9.17, 15) is 28.2 Å². The van der Waals surface area contributed by atoms with Crippen LogP contribution in [0.25, 0.3) is 0 Å². The van der Waals surface area contributed by atoms with Gasteiger partial charge in [0.25, 0.3) is 5.91 Å². The summed E-state index contributed by atoms with van der Waals surface area (Å²) in [6.07, 6.45) is 3.93. The molecular weight excluding hydrogens is 646 g/mol. The first-order valence-corrected chi connectivity index (χ1v) is 18.3. The number of unbranched alkanes of at least 4 members (excludes halogenated alkanes) is 1. The highest BCUT2D eigenvalue weighted by molar-refractivity contribution is 7.63. The van der Waals surface area contributed by atoms with Crippen LogP contribution >= 0.6 is 0 Å². The molecular formula is C35H62N7O6S+. The smallest absolute Gasteiger partial charge is 0.346 e. The number of nitrogens with zero attached hydrogens (tertiary/aromatic N) is 2. The topological polar surface area (TPSA) is 169 Å². The van der Waals surface area contributed by atoms with Crippen LogP contribution in [0.4, 0.5) is 4.79 Å². The zero-order valence-corrected chi connectivity index (χ0v) is 32.2. The highest BCUT2D eigenvalue weighted by Gasteiger charge is 2.70. The van der Waals surface area contributed by atoms with Crippen LogP contribution in [-0.4, -0.2) is 103 Å². The molecule has 13 nitrogen and oxygen atoms in total. The Morgan fingerprint density at radius 1 is 1.02 bits per heavy atom. The molecule has 6 atom stereocenters. The minimum atomic E-state index is -1.02. The van der Waals surface area contributed by atoms with Crippen LogP contribution in [0.15, 0.2) is 12.7 Å². The highest BCUT2D eigenvalue weighted by atomic mass is 32.2. The Kier molecular flexibility index (Phi) is 15.3. The largest absolute Gasteiger partial charge is 0.587 e. The number of hydrogen-bond donors (Lipinski definition) is 5. The van der Waals surface area contributed by atoms with E-state index in [1.54, 1.807) is 16.8 Å². The average molecular weight is 709 g/mol. The third-order valence-electron chi connectivity index (χ3n) is 10.1. The van der Waals surface area contributed by atoms with Crippen molar-refractivity contribution < 1.29 is 28.2 Å². The molecule has 0 aromatic heterocycles. The summed E-state index contributed by atoms with van der Waals surface area (Å²) in [5.41, 5.74) is -1.16. The molecule has 5 amide bonds. The first-order chi connectivity index (χ1) is 22.7. The Morgan fingerprint density at radius 2 is 1.67 bits per heavy atom. The number of rotatable bonds is 19. The summed E-state index contributed by atoms with van der Waals surface area (Å²) >= 11 is 0.338. The van der Waals surface area contributed by atoms with Crippen molar-refractivity contribution in [2.75, 3.05) is 39.8 Å². The number of piperidine rings is 1. The van der Waals surface area contributed by atoms with Gasteiger partial charge in [-0.1, -0.05) is 81.2 Å². The molecule has 0 aromatic rings. The predicted molar refractivity (Wildman–Crippen MR) is 192 cm³/mol. The van der Waals surface area contributed by atoms with Gasteiger partial charge in [-0.25, -0.2) is 4.79 Å². The summed E-state index contributed by atoms with van der Waals surface area (Å²) in [5, 5.41) is 11.7. The van der Waals surface area contributed by atoms with Gasteiger partial charge in [0.05, 0.1) is 22.8 Å². The molecule has 5 N–H and O–H groups in total. The maximum absolute atomic E-state index is 14.5. The molecule has 0 spiro atoms. The summed E-state index contributed by atoms with van der Waals surface area (Å²) in [7, 11) is 1.72. The minimum absolute atomic E-state index is 0.0886. The van der Waals surface area contributed by atoms with Gasteiger partial charge in [-0.3, -0.25) is 19.2 Å². The second kappa shape index (κ2) is 17.8. The van der Waals surface area contributed by atoms with E-state index in [0.29, 0.717) is 50.9 Å². The number of hydrogen-bond acceptors (Lipinski definition) is 7. The molecule has 14 heteroatoms. The van der Waals surface area contributed by atoms with Crippen molar-refractivity contribution in [1.29, 1.82) is 0 Å². The van der Waals surface area contributed by atoms with Crippen LogP contribution in [0.5, 0.6) is 0 Å². The molecule has 1 saturated heterocycles. The van der Waals surface area contributed by atoms with Crippen molar-refractivity contribution >= 4 is 41.4 Å². The molecule has 1 aliphatic heterocycles. The lowest BCUT2D eigenvalue weighted by molar-refractivity contribution is -0.145. The first-order valence-electron chi connectivity index (χ1n) is 17.5. The van der Waals surface area contributed by atoms with Crippen molar-refractivity contribution in [3.8, 4) is 0 Å². The van der Waals surface area contributed by atoms with Crippen molar-refractivity contribution in [3.05, 3.63) is 12.7 Å². The van der Waals surface area contributed by atoms with Gasteiger partial charge in [0.1, 0.15) is 12.1 Å². The lowest BCUT2D eigenvalue weighted by Gasteiger charge is -2.41. The second-order valence-electron chi connectivity index (χ2n) is 16.2. The number of fused-ring (bicyclic) bond motifs is 1. The van der Waals surface area contributed by atoms with Crippen molar-refractivity contribution in [3.63, 3.8) is 0 Å². The van der Waals surface area contributed by atoms with Gasteiger partial charge in [0, 0.05) is 26.7 Å². The summed E-state index contributed by atoms with van der Waals surface area (Å²) in [5.74, 6) is -2.36. The number of Topliss-reactive ketones (excluding diaryl/α,β-unsaturated/α-hetero) is 1. The minimum Gasteiger partial charge on any atom is -0.346 e. The number of carbonyl (C=O) groups excluding carboxylic acids is 5. The number of urea groups is 1. The number of nitrogens with one attached hydrogen (secondary N) is 5. The van der Waals surface area contributed by atoms with Crippen molar-refractivity contribution in [2.45, 2.75) is 112 Å². The molecule has 2 rings (SSSR count). The maximum atomic E-state index is 14.5. The lowest BCUT2D eigenvalue weighted by atomic mass is 9.84. The summed E-state index contributed by atoms with van der Waals surface area (Å²) in [4.78, 5) is 71.2. The van der Waals surface area contributed by atoms with Crippen LogP contribution in [0, 0.1) is 28.1 Å². The Balaban J connectivity index is 2.30. The third-order valence-corrected chi connectivity index (χ3v) is 10.4. The SMILES string of the molecule is C=CCNC(=O)C(=O)C(CCCC)NC(=O)[C@@H]1[C@@H]2[C@H](CN1C(=O)[C@@H](NC(=O)N(C)[C@H](CNCCCN[S+]=O)C(C)(C)C)C(C)(C)C)C2(C)C. The van der Waals surface area contributed by atoms with Gasteiger partial charge in [-0.2, -0.15) is 0 Å². The van der Waals surface area contributed by atoms with E-state index in [2.05, 4.69) is 46.4 Å². The van der Waals surface area contributed by atoms with E-state index in [1.165, 1.54) is 6.08 Å². The maximum Gasteiger partial charge on any atom is 0.587 e. The predicted octanol–water partition coefficient (Wildman–Crippen LogP) is 2.40. The van der Waals surface area contributed by atoms with Crippen LogP contribution in [0.2, 0.25) is 0 Å². The highest BCUT2D eigenvalue weighted by Crippen LogP contribution is 2.65. The molecule has 1 saturated carbocycles. The summed E-state index contributed by atoms with van der Waals surface area (Å²) < 4.78 is 13.2. The van der Waals surface area contributed by atoms with Gasteiger partial charge in [-0.15, -0.1) is 6.58 Å². The second-order valence-corrected chi connectivity index (χ2v) is 16.7. The lowest BCUT2D eigenvalue weighted by Crippen LogP contribution is -2.62. The quantitative estimate of drug-likeness (QED) is 0.0452. The van der Waals surface area contributed by atoms with Gasteiger partial charge < -0.3 is 31.1 Å². The fourth-order valence-corrected chi connectivity index (χ4v) is 7.16. The van der Waals surface area contributed by atoms with E-state index < -0.39 is 47.2 Å². The zero-order chi connectivity index (χ0) is 37.3. The molecule has 0 bridgehead atoms. The fraction of sp³-hybridized carbons (Fsp3) is 0.800. The van der Waals surface area contributed by atoms with Crippen LogP contribution in [0.3, 0.4) is 0 Å². The van der Waals surface area contributed by atoms with Crippen molar-refractivity contribution in [1.82, 2.24) is 35.8 Å². The number of carbonyl (C=O) groups is 5. The standard InChI is InChI=1S/C35H61N7O6S/c1-12-14-16-23(27(43)30(45)37-17-13-2)39-29(44)26-25-22(35(25,9)10)21-42(26)31(46)28(34(6,7)8)40-32(47)41(11)24(33(3,4)5)20-36-18-15-19-38-49-48/h13,22-26,28,36H,2,12,14-21H2,1,3-11H3,(H3-,37,38,39,40,44,45,47,48)/p+1/t22-,23?,24+,25-,26-,28+/m0/s1. The molecule has 2 fully saturated rings. The van der Waals surface area contributed by atoms with Gasteiger partial charge >= 0.3 is 17.9 Å². The Labute approximate surface area is 297 Å². The average Bonchev–Trinajstić information content (AvgIpc) is 3.33. The molecule has 0 aromatic carbocycles. The van der Waals surface area contributed by atoms with Gasteiger partial charge in [0.15, 0.2) is 0 Å². The number of amides is 5. The van der Waals surface area contributed by atoms with Crippen LogP contribution in [0.1, 0.15) is 88.0 Å². The van der Waals surface area contributed by atoms with Crippen LogP contribution < -0.4 is 26.0 Å². The summed E-state index contributed by atoms with van der Waals surface area (Å²) in [6, 6.07) is -3.43. The molecule has 1 aliphatic carbocycles. The van der Waals surface area contributed by atoms with E-state index in [0.717, 1.165) is 12.8 Å². The molecule has 0 radical (unpaired) electrons. The van der Waals surface area contributed by atoms with E-state index >= 15 is 0 Å². The fourth-order valence-electron chi connectivity index (χ4n) is 6.93.